The van der Waals surface area contributed by atoms with Crippen LogP contribution in [-0.2, 0) is 13.7 Å². The summed E-state index contributed by atoms with van der Waals surface area (Å²) < 4.78 is 20.2. The van der Waals surface area contributed by atoms with Gasteiger partial charge in [-0.2, -0.15) is 0 Å². The van der Waals surface area contributed by atoms with Crippen molar-refractivity contribution in [3.63, 3.8) is 0 Å². The standard InChI is InChI=1S/C9H10NO3P/c10-13-14(11)12-9-6-5-7-3-1-2-4-8(7)9/h1-6,9,14H,10H2. The first-order valence-electron chi connectivity index (χ1n) is 4.16. The number of benzene rings is 1. The Balaban J connectivity index is 2.18. The zero-order valence-corrected chi connectivity index (χ0v) is 8.34. The summed E-state index contributed by atoms with van der Waals surface area (Å²) in [5, 5.41) is 0. The Morgan fingerprint density at radius 2 is 2.14 bits per heavy atom. The highest BCUT2D eigenvalue weighted by Crippen LogP contribution is 2.37. The SMILES string of the molecule is NO[PH](=O)OC1C=Cc2ccccc21. The molecular formula is C9H10NO3P. The molecule has 0 aromatic heterocycles. The second-order valence-corrected chi connectivity index (χ2v) is 3.87. The molecule has 2 N–H and O–H groups in total. The molecule has 0 saturated carbocycles. The van der Waals surface area contributed by atoms with Gasteiger partial charge in [0, 0.05) is 0 Å². The van der Waals surface area contributed by atoms with E-state index in [0.717, 1.165) is 11.1 Å². The molecule has 0 heterocycles. The van der Waals surface area contributed by atoms with Crippen LogP contribution in [0.1, 0.15) is 17.2 Å². The van der Waals surface area contributed by atoms with Gasteiger partial charge in [0.2, 0.25) is 0 Å². The molecule has 2 rings (SSSR count). The lowest BCUT2D eigenvalue weighted by atomic mass is 10.1. The van der Waals surface area contributed by atoms with E-state index in [1.165, 1.54) is 0 Å². The molecule has 0 fully saturated rings. The number of fused-ring (bicyclic) bond motifs is 1. The van der Waals surface area contributed by atoms with Gasteiger partial charge < -0.3 is 0 Å². The van der Waals surface area contributed by atoms with E-state index < -0.39 is 8.25 Å². The second-order valence-electron chi connectivity index (χ2n) is 2.89. The van der Waals surface area contributed by atoms with Crippen LogP contribution >= 0.6 is 8.25 Å². The van der Waals surface area contributed by atoms with Crippen LogP contribution in [0.4, 0.5) is 0 Å². The van der Waals surface area contributed by atoms with Crippen molar-refractivity contribution in [2.45, 2.75) is 6.10 Å². The first kappa shape index (κ1) is 9.62. The van der Waals surface area contributed by atoms with Crippen LogP contribution in [-0.4, -0.2) is 0 Å². The van der Waals surface area contributed by atoms with Gasteiger partial charge in [0.05, 0.1) is 0 Å². The van der Waals surface area contributed by atoms with Crippen LogP contribution in [0.5, 0.6) is 0 Å². The summed E-state index contributed by atoms with van der Waals surface area (Å²) in [6.07, 6.45) is 3.44. The van der Waals surface area contributed by atoms with Crippen molar-refractivity contribution in [2.24, 2.45) is 5.90 Å². The molecular weight excluding hydrogens is 201 g/mol. The van der Waals surface area contributed by atoms with Crippen LogP contribution in [0.3, 0.4) is 0 Å². The van der Waals surface area contributed by atoms with E-state index in [-0.39, 0.29) is 6.10 Å². The normalized spacial score (nSPS) is 20.8. The maximum absolute atomic E-state index is 11.0. The molecule has 74 valence electrons. The third-order valence-corrected chi connectivity index (χ3v) is 2.71. The minimum absolute atomic E-state index is 0.305. The van der Waals surface area contributed by atoms with Crippen molar-refractivity contribution in [3.8, 4) is 0 Å². The Morgan fingerprint density at radius 3 is 2.93 bits per heavy atom. The molecule has 1 aromatic carbocycles. The van der Waals surface area contributed by atoms with Crippen molar-refractivity contribution in [1.29, 1.82) is 0 Å². The van der Waals surface area contributed by atoms with Gasteiger partial charge in [-0.3, -0.25) is 9.09 Å². The Kier molecular flexibility index (Phi) is 2.79. The highest BCUT2D eigenvalue weighted by molar-refractivity contribution is 7.33. The smallest absolute Gasteiger partial charge is 0.297 e. The van der Waals surface area contributed by atoms with Crippen LogP contribution in [0.2, 0.25) is 0 Å². The maximum Gasteiger partial charge on any atom is 0.336 e. The fraction of sp³-hybridized carbons (Fsp3) is 0.111. The molecule has 2 atom stereocenters. The highest BCUT2D eigenvalue weighted by Gasteiger charge is 2.19. The zero-order valence-electron chi connectivity index (χ0n) is 7.34. The topological polar surface area (TPSA) is 61.5 Å². The maximum atomic E-state index is 11.0. The lowest BCUT2D eigenvalue weighted by molar-refractivity contribution is 0.198. The van der Waals surface area contributed by atoms with Crippen molar-refractivity contribution in [1.82, 2.24) is 0 Å². The van der Waals surface area contributed by atoms with Gasteiger partial charge in [0.15, 0.2) is 0 Å². The van der Waals surface area contributed by atoms with E-state index in [1.807, 2.05) is 36.4 Å². The largest absolute Gasteiger partial charge is 0.336 e. The zero-order chi connectivity index (χ0) is 9.97. The van der Waals surface area contributed by atoms with Crippen LogP contribution in [0.25, 0.3) is 6.08 Å². The lowest BCUT2D eigenvalue weighted by Crippen LogP contribution is -1.97. The Labute approximate surface area is 82.2 Å². The molecule has 0 spiro atoms. The van der Waals surface area contributed by atoms with Crippen LogP contribution in [0, 0.1) is 0 Å². The van der Waals surface area contributed by atoms with Crippen LogP contribution in [0.15, 0.2) is 30.3 Å². The summed E-state index contributed by atoms with van der Waals surface area (Å²) in [6.45, 7) is 0. The number of hydrogen-bond acceptors (Lipinski definition) is 4. The average molecular weight is 211 g/mol. The highest BCUT2D eigenvalue weighted by atomic mass is 31.1. The number of rotatable bonds is 3. The van der Waals surface area contributed by atoms with E-state index in [9.17, 15) is 4.57 Å². The van der Waals surface area contributed by atoms with Gasteiger partial charge in [0.25, 0.3) is 0 Å². The summed E-state index contributed by atoms with van der Waals surface area (Å²) in [5.74, 6) is 4.75. The van der Waals surface area contributed by atoms with Gasteiger partial charge >= 0.3 is 8.25 Å². The second kappa shape index (κ2) is 4.07. The predicted molar refractivity (Wildman–Crippen MR) is 53.6 cm³/mol. The van der Waals surface area contributed by atoms with Crippen molar-refractivity contribution in [2.75, 3.05) is 0 Å². The minimum Gasteiger partial charge on any atom is -0.297 e. The van der Waals surface area contributed by atoms with Crippen molar-refractivity contribution in [3.05, 3.63) is 41.5 Å². The predicted octanol–water partition coefficient (Wildman–Crippen LogP) is 2.05. The van der Waals surface area contributed by atoms with E-state index in [0.29, 0.717) is 0 Å². The molecule has 4 nitrogen and oxygen atoms in total. The first-order valence-corrected chi connectivity index (χ1v) is 5.38. The van der Waals surface area contributed by atoms with Crippen LogP contribution < -0.4 is 5.90 Å². The number of hydrogen-bond donors (Lipinski definition) is 1. The first-order chi connectivity index (χ1) is 6.81. The molecule has 0 amide bonds. The van der Waals surface area contributed by atoms with E-state index >= 15 is 0 Å². The molecule has 0 radical (unpaired) electrons. The molecule has 0 aliphatic heterocycles. The van der Waals surface area contributed by atoms with Gasteiger partial charge in [0.1, 0.15) is 6.10 Å². The van der Waals surface area contributed by atoms with Gasteiger partial charge in [-0.1, -0.05) is 36.4 Å². The van der Waals surface area contributed by atoms with E-state index in [1.54, 1.807) is 0 Å². The Morgan fingerprint density at radius 1 is 1.36 bits per heavy atom. The van der Waals surface area contributed by atoms with Crippen molar-refractivity contribution >= 4 is 14.3 Å². The monoisotopic (exact) mass is 211 g/mol. The fourth-order valence-corrected chi connectivity index (χ4v) is 1.92. The summed E-state index contributed by atoms with van der Waals surface area (Å²) in [5.41, 5.74) is 2.06. The number of nitrogens with two attached hydrogens (primary N) is 1. The molecule has 14 heavy (non-hydrogen) atoms. The Bertz CT molecular complexity index is 391. The molecule has 1 aliphatic carbocycles. The molecule has 2 unspecified atom stereocenters. The van der Waals surface area contributed by atoms with E-state index in [4.69, 9.17) is 10.4 Å². The fourth-order valence-electron chi connectivity index (χ4n) is 1.45. The van der Waals surface area contributed by atoms with Crippen molar-refractivity contribution < 1.29 is 13.7 Å². The summed E-state index contributed by atoms with van der Waals surface area (Å²) in [7, 11) is -2.58. The van der Waals surface area contributed by atoms with Gasteiger partial charge in [-0.15, -0.1) is 0 Å². The summed E-state index contributed by atoms with van der Waals surface area (Å²) >= 11 is 0. The average Bonchev–Trinajstić information content (AvgIpc) is 2.62. The molecule has 0 saturated heterocycles. The molecule has 5 heteroatoms. The van der Waals surface area contributed by atoms with E-state index in [2.05, 4.69) is 4.62 Å². The summed E-state index contributed by atoms with van der Waals surface area (Å²) in [6, 6.07) is 7.73. The van der Waals surface area contributed by atoms with Gasteiger partial charge in [-0.25, -0.2) is 10.5 Å². The third kappa shape index (κ3) is 1.79. The minimum atomic E-state index is -2.58. The molecule has 1 aliphatic rings. The summed E-state index contributed by atoms with van der Waals surface area (Å²) in [4.78, 5) is 0. The Hall–Kier alpha value is -0.930. The quantitative estimate of drug-likeness (QED) is 0.614. The van der Waals surface area contributed by atoms with Gasteiger partial charge in [-0.05, 0) is 11.1 Å². The molecule has 1 aromatic rings. The molecule has 0 bridgehead atoms. The third-order valence-electron chi connectivity index (χ3n) is 2.07. The lowest BCUT2D eigenvalue weighted by Gasteiger charge is -2.10.